The van der Waals surface area contributed by atoms with Crippen LogP contribution in [0.2, 0.25) is 0 Å². The lowest BCUT2D eigenvalue weighted by atomic mass is 10.0. The highest BCUT2D eigenvalue weighted by atomic mass is 16.5. The molecule has 0 spiro atoms. The Bertz CT molecular complexity index is 1450. The van der Waals surface area contributed by atoms with Crippen LogP contribution in [0.1, 0.15) is 26.3 Å². The molecule has 0 amide bonds. The highest BCUT2D eigenvalue weighted by Gasteiger charge is 2.28. The van der Waals surface area contributed by atoms with Crippen LogP contribution in [-0.2, 0) is 0 Å². The highest BCUT2D eigenvalue weighted by molar-refractivity contribution is 6.14. The van der Waals surface area contributed by atoms with E-state index in [1.807, 2.05) is 54.6 Å². The monoisotopic (exact) mass is 478 g/mol. The number of carbonyl (C=O) groups excluding carboxylic acids is 2. The van der Waals surface area contributed by atoms with E-state index in [0.29, 0.717) is 22.8 Å². The van der Waals surface area contributed by atoms with E-state index < -0.39 is 5.97 Å². The topological polar surface area (TPSA) is 71.1 Å². The number of fused-ring (bicyclic) bond motifs is 1. The summed E-state index contributed by atoms with van der Waals surface area (Å²) in [5.74, 6) is 0.528. The number of hydrogen-bond donors (Lipinski definition) is 0. The first kappa shape index (κ1) is 22.9. The van der Waals surface area contributed by atoms with E-state index in [9.17, 15) is 9.59 Å². The molecule has 0 aromatic heterocycles. The van der Waals surface area contributed by atoms with Crippen molar-refractivity contribution in [2.75, 3.05) is 14.2 Å². The fraction of sp³-hybridized carbons (Fsp3) is 0.0667. The molecule has 1 aliphatic rings. The zero-order chi connectivity index (χ0) is 25.1. The molecule has 0 fully saturated rings. The molecular formula is C30H22O6. The van der Waals surface area contributed by atoms with Crippen molar-refractivity contribution in [1.29, 1.82) is 0 Å². The first-order chi connectivity index (χ1) is 17.6. The van der Waals surface area contributed by atoms with Crippen LogP contribution >= 0.6 is 0 Å². The van der Waals surface area contributed by atoms with Crippen LogP contribution in [0.5, 0.6) is 23.0 Å². The zero-order valence-corrected chi connectivity index (χ0v) is 19.7. The van der Waals surface area contributed by atoms with Crippen LogP contribution in [0.15, 0.2) is 96.8 Å². The Hall–Kier alpha value is -4.84. The Morgan fingerprint density at radius 3 is 2.11 bits per heavy atom. The second kappa shape index (κ2) is 9.80. The summed E-state index contributed by atoms with van der Waals surface area (Å²) in [6.45, 7) is 0. The van der Waals surface area contributed by atoms with Gasteiger partial charge in [-0.25, -0.2) is 4.79 Å². The van der Waals surface area contributed by atoms with Gasteiger partial charge in [0.2, 0.25) is 5.78 Å². The van der Waals surface area contributed by atoms with Crippen molar-refractivity contribution in [3.05, 3.63) is 113 Å². The summed E-state index contributed by atoms with van der Waals surface area (Å²) in [5, 5.41) is 0. The third-order valence-corrected chi connectivity index (χ3v) is 5.80. The van der Waals surface area contributed by atoms with Crippen molar-refractivity contribution < 1.29 is 28.5 Å². The maximum atomic E-state index is 12.9. The summed E-state index contributed by atoms with van der Waals surface area (Å²) < 4.78 is 21.9. The van der Waals surface area contributed by atoms with Crippen LogP contribution in [-0.4, -0.2) is 26.0 Å². The van der Waals surface area contributed by atoms with Crippen LogP contribution in [0, 0.1) is 0 Å². The second-order valence-corrected chi connectivity index (χ2v) is 8.01. The van der Waals surface area contributed by atoms with Crippen molar-refractivity contribution in [2.24, 2.45) is 0 Å². The number of ether oxygens (including phenoxy) is 4. The molecule has 6 heteroatoms. The molecule has 5 rings (SSSR count). The molecule has 0 bridgehead atoms. The molecule has 0 saturated heterocycles. The lowest BCUT2D eigenvalue weighted by molar-refractivity contribution is 0.0727. The third kappa shape index (κ3) is 4.44. The molecule has 0 radical (unpaired) electrons. The average molecular weight is 479 g/mol. The standard InChI is InChI=1S/C30H22O6/c1-33-24-9-6-10-25(34-2)28(24)30(32)35-22-15-16-23-26(18-22)36-27(29(23)31)17-19-11-13-21(14-12-19)20-7-4-3-5-8-20/h3-18H,1-2H3/b27-17-. The van der Waals surface area contributed by atoms with Crippen LogP contribution < -0.4 is 18.9 Å². The number of methoxy groups -OCH3 is 2. The first-order valence-electron chi connectivity index (χ1n) is 11.2. The molecule has 0 aliphatic carbocycles. The van der Waals surface area contributed by atoms with Crippen molar-refractivity contribution in [3.8, 4) is 34.1 Å². The molecule has 4 aromatic rings. The average Bonchev–Trinajstić information content (AvgIpc) is 3.23. The summed E-state index contributed by atoms with van der Waals surface area (Å²) in [5.41, 5.74) is 3.60. The largest absolute Gasteiger partial charge is 0.496 e. The van der Waals surface area contributed by atoms with Gasteiger partial charge in [0.05, 0.1) is 19.8 Å². The maximum absolute atomic E-state index is 12.9. The van der Waals surface area contributed by atoms with Gasteiger partial charge in [-0.05, 0) is 47.0 Å². The van der Waals surface area contributed by atoms with Crippen molar-refractivity contribution >= 4 is 17.8 Å². The van der Waals surface area contributed by atoms with E-state index >= 15 is 0 Å². The van der Waals surface area contributed by atoms with Crippen LogP contribution in [0.25, 0.3) is 17.2 Å². The smallest absolute Gasteiger partial charge is 0.351 e. The number of carbonyl (C=O) groups is 2. The Morgan fingerprint density at radius 2 is 1.44 bits per heavy atom. The van der Waals surface area contributed by atoms with Gasteiger partial charge in [-0.1, -0.05) is 60.7 Å². The normalized spacial score (nSPS) is 13.2. The lowest BCUT2D eigenvalue weighted by Gasteiger charge is -2.12. The van der Waals surface area contributed by atoms with E-state index in [0.717, 1.165) is 16.7 Å². The molecule has 0 saturated carbocycles. The number of hydrogen-bond acceptors (Lipinski definition) is 6. The number of esters is 1. The molecule has 0 unspecified atom stereocenters. The molecule has 6 nitrogen and oxygen atoms in total. The van der Waals surface area contributed by atoms with E-state index in [4.69, 9.17) is 18.9 Å². The van der Waals surface area contributed by atoms with Gasteiger partial charge in [0, 0.05) is 6.07 Å². The SMILES string of the molecule is COc1cccc(OC)c1C(=O)Oc1ccc2c(c1)O/C(=C\c1ccc(-c3ccccc3)cc1)C2=O. The first-order valence-corrected chi connectivity index (χ1v) is 11.2. The van der Waals surface area contributed by atoms with Crippen molar-refractivity contribution in [2.45, 2.75) is 0 Å². The second-order valence-electron chi connectivity index (χ2n) is 8.01. The number of Topliss-reactive ketones (excluding diaryl/α,β-unsaturated/α-hetero) is 1. The molecule has 36 heavy (non-hydrogen) atoms. The van der Waals surface area contributed by atoms with Gasteiger partial charge in [-0.3, -0.25) is 4.79 Å². The quantitative estimate of drug-likeness (QED) is 0.187. The number of benzene rings is 4. The number of rotatable bonds is 6. The summed E-state index contributed by atoms with van der Waals surface area (Å²) in [7, 11) is 2.92. The highest BCUT2D eigenvalue weighted by Crippen LogP contribution is 2.36. The molecule has 178 valence electrons. The van der Waals surface area contributed by atoms with Crippen LogP contribution in [0.3, 0.4) is 0 Å². The fourth-order valence-corrected chi connectivity index (χ4v) is 3.99. The minimum atomic E-state index is -0.650. The summed E-state index contributed by atoms with van der Waals surface area (Å²) >= 11 is 0. The summed E-state index contributed by atoms with van der Waals surface area (Å²) in [4.78, 5) is 25.7. The molecule has 1 heterocycles. The number of ketones is 1. The molecule has 4 aromatic carbocycles. The van der Waals surface area contributed by atoms with Gasteiger partial charge < -0.3 is 18.9 Å². The Morgan fingerprint density at radius 1 is 0.778 bits per heavy atom. The Kier molecular flexibility index (Phi) is 6.24. The fourth-order valence-electron chi connectivity index (χ4n) is 3.99. The van der Waals surface area contributed by atoms with E-state index in [1.54, 1.807) is 36.4 Å². The van der Waals surface area contributed by atoms with E-state index in [1.165, 1.54) is 20.3 Å². The van der Waals surface area contributed by atoms with E-state index in [-0.39, 0.29) is 22.9 Å². The van der Waals surface area contributed by atoms with E-state index in [2.05, 4.69) is 0 Å². The molecular weight excluding hydrogens is 456 g/mol. The minimum Gasteiger partial charge on any atom is -0.496 e. The Balaban J connectivity index is 1.35. The molecule has 1 aliphatic heterocycles. The third-order valence-electron chi connectivity index (χ3n) is 5.80. The van der Waals surface area contributed by atoms with Crippen molar-refractivity contribution in [3.63, 3.8) is 0 Å². The predicted octanol–water partition coefficient (Wildman–Crippen LogP) is 6.21. The van der Waals surface area contributed by atoms with Gasteiger partial charge >= 0.3 is 5.97 Å². The molecule has 0 N–H and O–H groups in total. The van der Waals surface area contributed by atoms with Gasteiger partial charge in [0.15, 0.2) is 5.76 Å². The van der Waals surface area contributed by atoms with Crippen molar-refractivity contribution in [1.82, 2.24) is 0 Å². The van der Waals surface area contributed by atoms with Gasteiger partial charge in [-0.15, -0.1) is 0 Å². The number of allylic oxidation sites excluding steroid dienone is 1. The minimum absolute atomic E-state index is 0.166. The Labute approximate surface area is 208 Å². The van der Waals surface area contributed by atoms with Gasteiger partial charge in [0.1, 0.15) is 28.6 Å². The lowest BCUT2D eigenvalue weighted by Crippen LogP contribution is -2.12. The maximum Gasteiger partial charge on any atom is 0.351 e. The summed E-state index contributed by atoms with van der Waals surface area (Å²) in [6.07, 6.45) is 1.70. The van der Waals surface area contributed by atoms with Crippen LogP contribution in [0.4, 0.5) is 0 Å². The predicted molar refractivity (Wildman–Crippen MR) is 136 cm³/mol. The molecule has 0 atom stereocenters. The van der Waals surface area contributed by atoms with Gasteiger partial charge in [-0.2, -0.15) is 0 Å². The zero-order valence-electron chi connectivity index (χ0n) is 19.7. The van der Waals surface area contributed by atoms with Gasteiger partial charge in [0.25, 0.3) is 0 Å². The summed E-state index contributed by atoms with van der Waals surface area (Å²) in [6, 6.07) is 27.6.